The van der Waals surface area contributed by atoms with E-state index in [1.807, 2.05) is 6.07 Å². The summed E-state index contributed by atoms with van der Waals surface area (Å²) in [6.07, 6.45) is 5.22. The average molecular weight is 455 g/mol. The number of aliphatic hydroxyl groups is 1. The Morgan fingerprint density at radius 2 is 2.15 bits per heavy atom. The zero-order valence-electron chi connectivity index (χ0n) is 18.8. The summed E-state index contributed by atoms with van der Waals surface area (Å²) >= 11 is 0. The molecule has 1 aromatic carbocycles. The lowest BCUT2D eigenvalue weighted by Crippen LogP contribution is -2.75. The first-order chi connectivity index (χ1) is 15.9. The van der Waals surface area contributed by atoms with E-state index in [2.05, 4.69) is 10.2 Å². The third-order valence-corrected chi connectivity index (χ3v) is 8.39. The average Bonchev–Trinajstić information content (AvgIpc) is 3.53. The predicted molar refractivity (Wildman–Crippen MR) is 118 cm³/mol. The Morgan fingerprint density at radius 1 is 1.33 bits per heavy atom. The van der Waals surface area contributed by atoms with Crippen molar-refractivity contribution in [1.82, 2.24) is 10.2 Å². The standard InChI is InChI=1S/C25H30N2O6/c1-2-32-19(29)12-26-23(30)16-7-8-25(31)18-11-15-5-6-17(28)21-20(15)24(25,22(16)33-21)9-10-27(18)13-14-3-4-14/h5-7,14,18,22,28,31H,2-4,8-13H2,1H3,(H,26,30)/t18-,22+,24+,25-/m1/s1. The third-order valence-electron chi connectivity index (χ3n) is 8.39. The number of nitrogens with one attached hydrogen (secondary N) is 1. The molecule has 8 heteroatoms. The largest absolute Gasteiger partial charge is 0.504 e. The van der Waals surface area contributed by atoms with Crippen molar-refractivity contribution in [1.29, 1.82) is 0 Å². The van der Waals surface area contributed by atoms with E-state index in [1.54, 1.807) is 19.1 Å². The molecule has 3 aliphatic carbocycles. The number of nitrogens with zero attached hydrogens (tertiary/aromatic N) is 1. The molecule has 2 heterocycles. The van der Waals surface area contributed by atoms with Gasteiger partial charge in [-0.05, 0) is 63.1 Å². The summed E-state index contributed by atoms with van der Waals surface area (Å²) in [5.41, 5.74) is 0.448. The molecule has 0 aromatic heterocycles. The van der Waals surface area contributed by atoms with E-state index in [-0.39, 0.29) is 24.9 Å². The topological polar surface area (TPSA) is 108 Å². The molecule has 4 atom stereocenters. The first kappa shape index (κ1) is 21.0. The van der Waals surface area contributed by atoms with E-state index in [4.69, 9.17) is 9.47 Å². The quantitative estimate of drug-likeness (QED) is 0.554. The molecule has 6 rings (SSSR count). The maximum absolute atomic E-state index is 13.2. The van der Waals surface area contributed by atoms with Crippen molar-refractivity contribution in [2.24, 2.45) is 5.92 Å². The van der Waals surface area contributed by atoms with Crippen molar-refractivity contribution in [3.63, 3.8) is 0 Å². The number of carbonyl (C=O) groups excluding carboxylic acids is 2. The molecule has 0 radical (unpaired) electrons. The molecular formula is C25H30N2O6. The van der Waals surface area contributed by atoms with Gasteiger partial charge in [-0.25, -0.2) is 0 Å². The van der Waals surface area contributed by atoms with Gasteiger partial charge in [0.25, 0.3) is 5.91 Å². The summed E-state index contributed by atoms with van der Waals surface area (Å²) in [7, 11) is 0. The predicted octanol–water partition coefficient (Wildman–Crippen LogP) is 1.17. The molecule has 0 unspecified atom stereocenters. The summed E-state index contributed by atoms with van der Waals surface area (Å²) in [6.45, 7) is 3.54. The van der Waals surface area contributed by atoms with Crippen molar-refractivity contribution >= 4 is 11.9 Å². The molecule has 2 bridgehead atoms. The number of ether oxygens (including phenoxy) is 2. The van der Waals surface area contributed by atoms with Crippen molar-refractivity contribution in [3.8, 4) is 11.5 Å². The number of likely N-dealkylation sites (tertiary alicyclic amines) is 1. The highest BCUT2D eigenvalue weighted by Gasteiger charge is 2.72. The Morgan fingerprint density at radius 3 is 2.91 bits per heavy atom. The molecule has 1 saturated heterocycles. The summed E-state index contributed by atoms with van der Waals surface area (Å²) in [5.74, 6) is 0.221. The zero-order chi connectivity index (χ0) is 23.0. The van der Waals surface area contributed by atoms with Gasteiger partial charge >= 0.3 is 5.97 Å². The van der Waals surface area contributed by atoms with Gasteiger partial charge < -0.3 is 25.0 Å². The monoisotopic (exact) mass is 454 g/mol. The zero-order valence-corrected chi connectivity index (χ0v) is 18.8. The van der Waals surface area contributed by atoms with Gasteiger partial charge in [-0.15, -0.1) is 0 Å². The maximum atomic E-state index is 13.2. The SMILES string of the molecule is CCOC(=O)CNC(=O)C1=CC[C@@]2(O)[C@H]3Cc4ccc(O)c5c4[C@@]2(CCN3CC2CC2)[C@H]1O5. The van der Waals surface area contributed by atoms with E-state index in [0.717, 1.165) is 24.2 Å². The van der Waals surface area contributed by atoms with Crippen molar-refractivity contribution in [3.05, 3.63) is 34.9 Å². The molecule has 2 aliphatic heterocycles. The number of aromatic hydroxyl groups is 1. The van der Waals surface area contributed by atoms with Crippen LogP contribution in [0.2, 0.25) is 0 Å². The molecule has 1 saturated carbocycles. The van der Waals surface area contributed by atoms with Crippen LogP contribution in [0.5, 0.6) is 11.5 Å². The molecule has 176 valence electrons. The first-order valence-corrected chi connectivity index (χ1v) is 12.0. The minimum absolute atomic E-state index is 0.0324. The Bertz CT molecular complexity index is 1070. The highest BCUT2D eigenvalue weighted by molar-refractivity contribution is 5.97. The van der Waals surface area contributed by atoms with Crippen LogP contribution in [0.25, 0.3) is 0 Å². The molecule has 3 N–H and O–H groups in total. The number of hydrogen-bond donors (Lipinski definition) is 3. The smallest absolute Gasteiger partial charge is 0.325 e. The van der Waals surface area contributed by atoms with Crippen LogP contribution in [0.15, 0.2) is 23.8 Å². The highest BCUT2D eigenvalue weighted by atomic mass is 16.5. The van der Waals surface area contributed by atoms with Gasteiger partial charge in [-0.3, -0.25) is 14.5 Å². The Balaban J connectivity index is 1.40. The number of carbonyl (C=O) groups is 2. The lowest BCUT2D eigenvalue weighted by Gasteiger charge is -2.62. The third kappa shape index (κ3) is 2.83. The van der Waals surface area contributed by atoms with E-state index in [9.17, 15) is 19.8 Å². The van der Waals surface area contributed by atoms with Crippen molar-refractivity contribution in [2.45, 2.75) is 62.2 Å². The molecule has 33 heavy (non-hydrogen) atoms. The lowest BCUT2D eigenvalue weighted by molar-refractivity contribution is -0.165. The normalized spacial score (nSPS) is 33.6. The second kappa shape index (κ2) is 7.21. The maximum Gasteiger partial charge on any atom is 0.325 e. The summed E-state index contributed by atoms with van der Waals surface area (Å²) < 4.78 is 11.2. The van der Waals surface area contributed by atoms with Gasteiger partial charge in [-0.1, -0.05) is 12.1 Å². The van der Waals surface area contributed by atoms with Crippen LogP contribution < -0.4 is 10.1 Å². The van der Waals surface area contributed by atoms with E-state index >= 15 is 0 Å². The van der Waals surface area contributed by atoms with Gasteiger partial charge in [-0.2, -0.15) is 0 Å². The summed E-state index contributed by atoms with van der Waals surface area (Å²) in [5, 5.41) is 25.6. The Hall–Kier alpha value is -2.58. The highest BCUT2D eigenvalue weighted by Crippen LogP contribution is 2.65. The van der Waals surface area contributed by atoms with Gasteiger partial charge in [0.1, 0.15) is 12.6 Å². The molecule has 1 spiro atoms. The Kier molecular flexibility index (Phi) is 4.58. The summed E-state index contributed by atoms with van der Waals surface area (Å²) in [4.78, 5) is 27.4. The van der Waals surface area contributed by atoms with Crippen molar-refractivity contribution < 1.29 is 29.3 Å². The van der Waals surface area contributed by atoms with Crippen LogP contribution in [-0.2, 0) is 26.2 Å². The molecule has 2 fully saturated rings. The van der Waals surface area contributed by atoms with Gasteiger partial charge in [0, 0.05) is 18.2 Å². The molecule has 8 nitrogen and oxygen atoms in total. The fraction of sp³-hybridized carbons (Fsp3) is 0.600. The number of phenolic OH excluding ortho intramolecular Hbond substituents is 1. The van der Waals surface area contributed by atoms with Crippen LogP contribution in [0.3, 0.4) is 0 Å². The number of esters is 1. The Labute approximate surface area is 192 Å². The van der Waals surface area contributed by atoms with Crippen LogP contribution in [0.1, 0.15) is 43.7 Å². The van der Waals surface area contributed by atoms with E-state index in [1.165, 1.54) is 12.8 Å². The lowest BCUT2D eigenvalue weighted by atomic mass is 9.49. The first-order valence-electron chi connectivity index (χ1n) is 12.0. The van der Waals surface area contributed by atoms with E-state index < -0.39 is 29.0 Å². The summed E-state index contributed by atoms with van der Waals surface area (Å²) in [6, 6.07) is 3.52. The number of hydrogen-bond acceptors (Lipinski definition) is 7. The molecule has 5 aliphatic rings. The minimum Gasteiger partial charge on any atom is -0.504 e. The van der Waals surface area contributed by atoms with Crippen LogP contribution >= 0.6 is 0 Å². The minimum atomic E-state index is -1.10. The number of benzene rings is 1. The number of phenols is 1. The molecule has 1 aromatic rings. The van der Waals surface area contributed by atoms with Gasteiger partial charge in [0.15, 0.2) is 11.5 Å². The molecule has 1 amide bonds. The van der Waals surface area contributed by atoms with Crippen LogP contribution in [-0.4, -0.2) is 71.0 Å². The fourth-order valence-electron chi connectivity index (χ4n) is 6.79. The second-order valence-corrected chi connectivity index (χ2v) is 10.1. The van der Waals surface area contributed by atoms with Crippen LogP contribution in [0, 0.1) is 5.92 Å². The van der Waals surface area contributed by atoms with Gasteiger partial charge in [0.2, 0.25) is 0 Å². The number of amides is 1. The second-order valence-electron chi connectivity index (χ2n) is 10.1. The fourth-order valence-corrected chi connectivity index (χ4v) is 6.79. The van der Waals surface area contributed by atoms with E-state index in [0.29, 0.717) is 36.5 Å². The molecular weight excluding hydrogens is 424 g/mol. The van der Waals surface area contributed by atoms with Gasteiger partial charge in [0.05, 0.1) is 23.2 Å². The van der Waals surface area contributed by atoms with Crippen molar-refractivity contribution in [2.75, 3.05) is 26.2 Å². The number of piperidine rings is 1. The van der Waals surface area contributed by atoms with Crippen LogP contribution in [0.4, 0.5) is 0 Å². The number of rotatable bonds is 6.